The highest BCUT2D eigenvalue weighted by molar-refractivity contribution is 7.92. The van der Waals surface area contributed by atoms with E-state index in [2.05, 4.69) is 21.3 Å². The van der Waals surface area contributed by atoms with Crippen LogP contribution in [0, 0.1) is 11.3 Å². The maximum absolute atomic E-state index is 11.9. The van der Waals surface area contributed by atoms with E-state index < -0.39 is 9.84 Å². The molecule has 1 N–H and O–H groups in total. The number of aromatic nitrogens is 4. The van der Waals surface area contributed by atoms with Crippen LogP contribution in [-0.2, 0) is 9.84 Å². The molecule has 0 bridgehead atoms. The first kappa shape index (κ1) is 19.2. The molecule has 31 heavy (non-hydrogen) atoms. The molecule has 0 aliphatic rings. The molecule has 0 saturated carbocycles. The molecule has 0 fully saturated rings. The Morgan fingerprint density at radius 3 is 2.52 bits per heavy atom. The van der Waals surface area contributed by atoms with E-state index in [4.69, 9.17) is 5.26 Å². The van der Waals surface area contributed by atoms with Crippen LogP contribution in [0.25, 0.3) is 38.6 Å². The first-order valence-electron chi connectivity index (χ1n) is 9.26. The van der Waals surface area contributed by atoms with Gasteiger partial charge in [-0.25, -0.2) is 13.4 Å². The second-order valence-corrected chi connectivity index (χ2v) is 10.4. The predicted molar refractivity (Wildman–Crippen MR) is 119 cm³/mol. The Balaban J connectivity index is 1.60. The molecule has 5 aromatic rings. The minimum absolute atomic E-state index is 0.326. The molecule has 0 spiro atoms. The molecule has 0 aliphatic carbocycles. The Morgan fingerprint density at radius 2 is 1.81 bits per heavy atom. The Hall–Kier alpha value is -3.74. The number of rotatable bonds is 4. The summed E-state index contributed by atoms with van der Waals surface area (Å²) in [5, 5.41) is 16.3. The molecule has 0 aliphatic heterocycles. The van der Waals surface area contributed by atoms with Crippen LogP contribution >= 0.6 is 11.3 Å². The van der Waals surface area contributed by atoms with Crippen molar-refractivity contribution < 1.29 is 8.42 Å². The number of H-pyrrole nitrogens is 1. The number of nitrogens with one attached hydrogen (secondary N) is 1. The van der Waals surface area contributed by atoms with Gasteiger partial charge in [-0.2, -0.15) is 10.4 Å². The number of hydrogen-bond acceptors (Lipinski definition) is 6. The van der Waals surface area contributed by atoms with Crippen LogP contribution in [0.3, 0.4) is 0 Å². The number of thiophene rings is 1. The van der Waals surface area contributed by atoms with Crippen molar-refractivity contribution in [2.45, 2.75) is 4.21 Å². The number of sulfone groups is 1. The maximum Gasteiger partial charge on any atom is 0.184 e. The normalized spacial score (nSPS) is 11.6. The van der Waals surface area contributed by atoms with E-state index in [1.54, 1.807) is 36.7 Å². The first-order chi connectivity index (χ1) is 14.9. The molecular formula is C22H15N5O2S2. The molecule has 7 nitrogen and oxygen atoms in total. The Kier molecular flexibility index (Phi) is 4.46. The van der Waals surface area contributed by atoms with Crippen molar-refractivity contribution in [2.75, 3.05) is 6.26 Å². The highest BCUT2D eigenvalue weighted by Crippen LogP contribution is 2.34. The number of imidazole rings is 1. The maximum atomic E-state index is 11.9. The summed E-state index contributed by atoms with van der Waals surface area (Å²) < 4.78 is 26.0. The van der Waals surface area contributed by atoms with Gasteiger partial charge in [0.25, 0.3) is 0 Å². The fourth-order valence-corrected chi connectivity index (χ4v) is 5.35. The summed E-state index contributed by atoms with van der Waals surface area (Å²) in [6.07, 6.45) is 6.68. The van der Waals surface area contributed by atoms with Gasteiger partial charge in [-0.05, 0) is 36.4 Å². The monoisotopic (exact) mass is 445 g/mol. The average Bonchev–Trinajstić information content (AvgIpc) is 3.51. The zero-order valence-corrected chi connectivity index (χ0v) is 17.9. The summed E-state index contributed by atoms with van der Waals surface area (Å²) in [6.45, 7) is 0. The molecule has 1 aromatic carbocycles. The highest BCUT2D eigenvalue weighted by atomic mass is 32.2. The Morgan fingerprint density at radius 1 is 1.03 bits per heavy atom. The minimum Gasteiger partial charge on any atom is -0.298 e. The number of pyridine rings is 1. The first-order valence-corrected chi connectivity index (χ1v) is 12.0. The summed E-state index contributed by atoms with van der Waals surface area (Å²) >= 11 is 1.23. The number of aromatic amines is 1. The van der Waals surface area contributed by atoms with Gasteiger partial charge >= 0.3 is 0 Å². The predicted octanol–water partition coefficient (Wildman–Crippen LogP) is 4.40. The lowest BCUT2D eigenvalue weighted by molar-refractivity contribution is 0.604. The number of hydrogen-bond donors (Lipinski definition) is 1. The van der Waals surface area contributed by atoms with E-state index in [9.17, 15) is 8.42 Å². The fourth-order valence-electron chi connectivity index (χ4n) is 3.42. The van der Waals surface area contributed by atoms with Crippen LogP contribution < -0.4 is 0 Å². The van der Waals surface area contributed by atoms with Crippen LogP contribution in [0.5, 0.6) is 0 Å². The fraction of sp³-hybridized carbons (Fsp3) is 0.0455. The van der Waals surface area contributed by atoms with E-state index in [0.29, 0.717) is 9.77 Å². The number of fused-ring (bicyclic) bond motifs is 1. The van der Waals surface area contributed by atoms with E-state index >= 15 is 0 Å². The lowest BCUT2D eigenvalue weighted by Crippen LogP contribution is -1.92. The highest BCUT2D eigenvalue weighted by Gasteiger charge is 2.16. The smallest absolute Gasteiger partial charge is 0.184 e. The quantitative estimate of drug-likeness (QED) is 0.442. The minimum atomic E-state index is -3.25. The lowest BCUT2D eigenvalue weighted by Gasteiger charge is -2.06. The van der Waals surface area contributed by atoms with Gasteiger partial charge in [0.15, 0.2) is 9.84 Å². The van der Waals surface area contributed by atoms with E-state index in [1.165, 1.54) is 17.6 Å². The third kappa shape index (κ3) is 3.42. The molecule has 5 rings (SSSR count). The van der Waals surface area contributed by atoms with Crippen LogP contribution in [0.2, 0.25) is 0 Å². The van der Waals surface area contributed by atoms with Crippen molar-refractivity contribution >= 4 is 26.8 Å². The van der Waals surface area contributed by atoms with E-state index in [1.807, 2.05) is 34.9 Å². The lowest BCUT2D eigenvalue weighted by atomic mass is 10.0. The molecule has 4 heterocycles. The summed E-state index contributed by atoms with van der Waals surface area (Å²) in [5.74, 6) is 0. The van der Waals surface area contributed by atoms with Gasteiger partial charge in [-0.1, -0.05) is 12.1 Å². The van der Waals surface area contributed by atoms with Crippen molar-refractivity contribution in [3.63, 3.8) is 0 Å². The largest absolute Gasteiger partial charge is 0.298 e. The van der Waals surface area contributed by atoms with Gasteiger partial charge in [0.1, 0.15) is 9.86 Å². The van der Waals surface area contributed by atoms with Gasteiger partial charge in [0, 0.05) is 29.1 Å². The van der Waals surface area contributed by atoms with Crippen LogP contribution in [0.15, 0.2) is 71.3 Å². The van der Waals surface area contributed by atoms with Crippen molar-refractivity contribution in [3.8, 4) is 39.0 Å². The standard InChI is InChI=1S/C22H15N5O2S2/c1-31(28,29)21-9-7-19(30-21)18-12-24-20-8-6-16(13-27(18)20)17-11-25-26-22(17)15-4-2-14(10-23)3-5-15/h2-9,11-13H,1H3,(H,25,26). The van der Waals surface area contributed by atoms with Gasteiger partial charge in [-0.15, -0.1) is 11.3 Å². The molecule has 0 unspecified atom stereocenters. The summed E-state index contributed by atoms with van der Waals surface area (Å²) in [7, 11) is -3.25. The summed E-state index contributed by atoms with van der Waals surface area (Å²) in [4.78, 5) is 5.28. The van der Waals surface area contributed by atoms with E-state index in [-0.39, 0.29) is 0 Å². The molecule has 4 aromatic heterocycles. The molecular weight excluding hydrogens is 430 g/mol. The Labute approximate surface area is 182 Å². The Bertz CT molecular complexity index is 1570. The van der Waals surface area contributed by atoms with Crippen molar-refractivity contribution in [1.29, 1.82) is 5.26 Å². The number of benzene rings is 1. The zero-order chi connectivity index (χ0) is 21.6. The second kappa shape index (κ2) is 7.19. The average molecular weight is 446 g/mol. The van der Waals surface area contributed by atoms with Gasteiger partial charge in [0.05, 0.1) is 40.3 Å². The third-order valence-corrected chi connectivity index (χ3v) is 7.89. The van der Waals surface area contributed by atoms with Crippen LogP contribution in [0.4, 0.5) is 0 Å². The van der Waals surface area contributed by atoms with Gasteiger partial charge in [-0.3, -0.25) is 9.50 Å². The molecule has 0 saturated heterocycles. The van der Waals surface area contributed by atoms with Gasteiger partial charge in [0.2, 0.25) is 0 Å². The molecule has 0 amide bonds. The number of nitrogens with zero attached hydrogens (tertiary/aromatic N) is 4. The van der Waals surface area contributed by atoms with Crippen LogP contribution in [-0.4, -0.2) is 34.3 Å². The SMILES string of the molecule is CS(=O)(=O)c1ccc(-c2cnc3ccc(-c4cn[nH]c4-c4ccc(C#N)cc4)cn23)s1. The third-order valence-electron chi connectivity index (χ3n) is 4.96. The molecule has 152 valence electrons. The summed E-state index contributed by atoms with van der Waals surface area (Å²) in [5.41, 5.74) is 5.79. The molecule has 0 atom stereocenters. The summed E-state index contributed by atoms with van der Waals surface area (Å²) in [6, 6.07) is 16.7. The van der Waals surface area contributed by atoms with Gasteiger partial charge < -0.3 is 0 Å². The van der Waals surface area contributed by atoms with Crippen molar-refractivity contribution in [3.05, 3.63) is 72.7 Å². The van der Waals surface area contributed by atoms with Crippen molar-refractivity contribution in [1.82, 2.24) is 19.6 Å². The molecule has 9 heteroatoms. The zero-order valence-electron chi connectivity index (χ0n) is 16.3. The number of nitriles is 1. The van der Waals surface area contributed by atoms with E-state index in [0.717, 1.165) is 38.6 Å². The topological polar surface area (TPSA) is 104 Å². The molecule has 0 radical (unpaired) electrons. The van der Waals surface area contributed by atoms with Crippen molar-refractivity contribution in [2.24, 2.45) is 0 Å². The van der Waals surface area contributed by atoms with Crippen LogP contribution in [0.1, 0.15) is 5.56 Å². The second-order valence-electron chi connectivity index (χ2n) is 7.03.